The topological polar surface area (TPSA) is 52.6 Å². The van der Waals surface area contributed by atoms with E-state index in [9.17, 15) is 9.59 Å². The Kier molecular flexibility index (Phi) is 5.30. The van der Waals surface area contributed by atoms with Gasteiger partial charge in [-0.25, -0.2) is 0 Å². The Morgan fingerprint density at radius 3 is 2.05 bits per heavy atom. The van der Waals surface area contributed by atoms with Crippen LogP contribution in [0.3, 0.4) is 0 Å². The monoisotopic (exact) mass is 262 g/mol. The molecular formula is C15H18O4. The molecular weight excluding hydrogens is 244 g/mol. The van der Waals surface area contributed by atoms with Gasteiger partial charge in [0, 0.05) is 19.4 Å². The summed E-state index contributed by atoms with van der Waals surface area (Å²) in [7, 11) is 0. The molecule has 102 valence electrons. The van der Waals surface area contributed by atoms with E-state index < -0.39 is 18.2 Å². The number of aryl methyl sites for hydroxylation is 1. The lowest BCUT2D eigenvalue weighted by atomic mass is 10.1. The molecule has 0 aliphatic carbocycles. The van der Waals surface area contributed by atoms with E-state index in [0.29, 0.717) is 5.57 Å². The van der Waals surface area contributed by atoms with Gasteiger partial charge in [-0.3, -0.25) is 9.59 Å². The quantitative estimate of drug-likeness (QED) is 0.618. The maximum atomic E-state index is 11.0. The standard InChI is InChI=1S/C15H18O4/c1-10-7-5-6-8-14(10)9-11(2)15(18-12(3)16)19-13(4)17/h5-9,15H,1-4H3. The fraction of sp³-hybridized carbons (Fsp3) is 0.333. The molecule has 0 fully saturated rings. The summed E-state index contributed by atoms with van der Waals surface area (Å²) in [5, 5.41) is 0. The van der Waals surface area contributed by atoms with Crippen LogP contribution in [0.2, 0.25) is 0 Å². The molecule has 19 heavy (non-hydrogen) atoms. The molecule has 0 spiro atoms. The van der Waals surface area contributed by atoms with Gasteiger partial charge >= 0.3 is 11.9 Å². The van der Waals surface area contributed by atoms with Crippen LogP contribution in [0, 0.1) is 6.92 Å². The summed E-state index contributed by atoms with van der Waals surface area (Å²) in [5.74, 6) is -0.993. The maximum absolute atomic E-state index is 11.0. The van der Waals surface area contributed by atoms with Gasteiger partial charge in [0.2, 0.25) is 0 Å². The average Bonchev–Trinajstić information content (AvgIpc) is 2.30. The van der Waals surface area contributed by atoms with E-state index in [4.69, 9.17) is 9.47 Å². The van der Waals surface area contributed by atoms with Gasteiger partial charge in [-0.2, -0.15) is 0 Å². The number of carbonyl (C=O) groups excluding carboxylic acids is 2. The third-order valence-electron chi connectivity index (χ3n) is 2.49. The lowest BCUT2D eigenvalue weighted by Crippen LogP contribution is -2.23. The van der Waals surface area contributed by atoms with Gasteiger partial charge in [0.15, 0.2) is 0 Å². The molecule has 1 aromatic carbocycles. The van der Waals surface area contributed by atoms with Crippen molar-refractivity contribution in [3.63, 3.8) is 0 Å². The fourth-order valence-corrected chi connectivity index (χ4v) is 1.57. The molecule has 0 aromatic heterocycles. The minimum absolute atomic E-state index is 0.496. The summed E-state index contributed by atoms with van der Waals surface area (Å²) in [4.78, 5) is 22.0. The van der Waals surface area contributed by atoms with Crippen molar-refractivity contribution in [2.75, 3.05) is 0 Å². The highest BCUT2D eigenvalue weighted by Gasteiger charge is 2.17. The largest absolute Gasteiger partial charge is 0.421 e. The Bertz CT molecular complexity index is 487. The highest BCUT2D eigenvalue weighted by atomic mass is 16.7. The second kappa shape index (κ2) is 6.73. The van der Waals surface area contributed by atoms with Crippen LogP contribution in [-0.2, 0) is 19.1 Å². The summed E-state index contributed by atoms with van der Waals surface area (Å²) in [6.07, 6.45) is 0.862. The third kappa shape index (κ3) is 4.95. The zero-order valence-corrected chi connectivity index (χ0v) is 11.6. The molecule has 1 aromatic rings. The number of ether oxygens (including phenoxy) is 2. The van der Waals surface area contributed by atoms with E-state index in [1.54, 1.807) is 6.92 Å². The van der Waals surface area contributed by atoms with Gasteiger partial charge in [0.25, 0.3) is 6.29 Å². The highest BCUT2D eigenvalue weighted by molar-refractivity contribution is 5.69. The van der Waals surface area contributed by atoms with E-state index in [2.05, 4.69) is 0 Å². The first-order valence-corrected chi connectivity index (χ1v) is 5.98. The van der Waals surface area contributed by atoms with Crippen LogP contribution in [0.4, 0.5) is 0 Å². The van der Waals surface area contributed by atoms with Crippen molar-refractivity contribution in [2.45, 2.75) is 34.0 Å². The SMILES string of the molecule is CC(=O)OC(OC(C)=O)C(C)=Cc1ccccc1C. The number of benzene rings is 1. The summed E-state index contributed by atoms with van der Waals surface area (Å²) < 4.78 is 9.97. The minimum Gasteiger partial charge on any atom is -0.421 e. The van der Waals surface area contributed by atoms with Crippen molar-refractivity contribution in [1.82, 2.24) is 0 Å². The van der Waals surface area contributed by atoms with Crippen LogP contribution in [0.1, 0.15) is 31.9 Å². The molecule has 0 unspecified atom stereocenters. The number of hydrogen-bond acceptors (Lipinski definition) is 4. The zero-order valence-electron chi connectivity index (χ0n) is 11.6. The Hall–Kier alpha value is -2.10. The molecule has 0 saturated heterocycles. The predicted octanol–water partition coefficient (Wildman–Crippen LogP) is 2.85. The summed E-state index contributed by atoms with van der Waals surface area (Å²) >= 11 is 0. The molecule has 4 nitrogen and oxygen atoms in total. The minimum atomic E-state index is -0.977. The van der Waals surface area contributed by atoms with Crippen LogP contribution in [0.15, 0.2) is 29.8 Å². The van der Waals surface area contributed by atoms with Crippen LogP contribution >= 0.6 is 0 Å². The molecule has 0 radical (unpaired) electrons. The van der Waals surface area contributed by atoms with Crippen LogP contribution in [-0.4, -0.2) is 18.2 Å². The first kappa shape index (κ1) is 15.0. The van der Waals surface area contributed by atoms with Gasteiger partial charge in [-0.05, 0) is 31.1 Å². The fourth-order valence-electron chi connectivity index (χ4n) is 1.57. The number of rotatable bonds is 4. The second-order valence-corrected chi connectivity index (χ2v) is 4.30. The van der Waals surface area contributed by atoms with Gasteiger partial charge in [0.1, 0.15) is 0 Å². The molecule has 0 atom stereocenters. The maximum Gasteiger partial charge on any atom is 0.305 e. The normalized spacial score (nSPS) is 11.3. The number of hydrogen-bond donors (Lipinski definition) is 0. The third-order valence-corrected chi connectivity index (χ3v) is 2.49. The lowest BCUT2D eigenvalue weighted by Gasteiger charge is -2.17. The van der Waals surface area contributed by atoms with Crippen molar-refractivity contribution in [2.24, 2.45) is 0 Å². The van der Waals surface area contributed by atoms with Crippen molar-refractivity contribution < 1.29 is 19.1 Å². The van der Waals surface area contributed by atoms with E-state index in [1.807, 2.05) is 37.3 Å². The van der Waals surface area contributed by atoms with E-state index in [0.717, 1.165) is 11.1 Å². The van der Waals surface area contributed by atoms with Gasteiger partial charge < -0.3 is 9.47 Å². The zero-order chi connectivity index (χ0) is 14.4. The van der Waals surface area contributed by atoms with Crippen molar-refractivity contribution >= 4 is 18.0 Å². The van der Waals surface area contributed by atoms with Crippen LogP contribution < -0.4 is 0 Å². The molecule has 0 saturated carbocycles. The smallest absolute Gasteiger partial charge is 0.305 e. The summed E-state index contributed by atoms with van der Waals surface area (Å²) in [6.45, 7) is 6.28. The van der Waals surface area contributed by atoms with Gasteiger partial charge in [-0.1, -0.05) is 24.3 Å². The Balaban J connectivity index is 2.98. The van der Waals surface area contributed by atoms with E-state index in [1.165, 1.54) is 13.8 Å². The van der Waals surface area contributed by atoms with Gasteiger partial charge in [-0.15, -0.1) is 0 Å². The van der Waals surface area contributed by atoms with E-state index >= 15 is 0 Å². The van der Waals surface area contributed by atoms with Gasteiger partial charge in [0.05, 0.1) is 0 Å². The first-order chi connectivity index (χ1) is 8.90. The molecule has 0 aliphatic heterocycles. The van der Waals surface area contributed by atoms with Crippen LogP contribution in [0.25, 0.3) is 6.08 Å². The highest BCUT2D eigenvalue weighted by Crippen LogP contribution is 2.16. The first-order valence-electron chi connectivity index (χ1n) is 5.98. The Morgan fingerprint density at radius 2 is 1.58 bits per heavy atom. The van der Waals surface area contributed by atoms with E-state index in [-0.39, 0.29) is 0 Å². The van der Waals surface area contributed by atoms with Crippen LogP contribution in [0.5, 0.6) is 0 Å². The van der Waals surface area contributed by atoms with Crippen molar-refractivity contribution in [1.29, 1.82) is 0 Å². The summed E-state index contributed by atoms with van der Waals surface area (Å²) in [5.41, 5.74) is 2.73. The number of carbonyl (C=O) groups is 2. The molecule has 0 bridgehead atoms. The Labute approximate surface area is 113 Å². The van der Waals surface area contributed by atoms with Crippen molar-refractivity contribution in [3.05, 3.63) is 41.0 Å². The number of esters is 2. The molecule has 1 rings (SSSR count). The predicted molar refractivity (Wildman–Crippen MR) is 72.2 cm³/mol. The molecule has 0 heterocycles. The summed E-state index contributed by atoms with van der Waals surface area (Å²) in [6, 6.07) is 7.78. The lowest BCUT2D eigenvalue weighted by molar-refractivity contribution is -0.177. The Morgan fingerprint density at radius 1 is 1.05 bits per heavy atom. The molecule has 4 heteroatoms. The van der Waals surface area contributed by atoms with Crippen molar-refractivity contribution in [3.8, 4) is 0 Å². The molecule has 0 aliphatic rings. The average molecular weight is 262 g/mol. The molecule has 0 amide bonds. The second-order valence-electron chi connectivity index (χ2n) is 4.30. The molecule has 0 N–H and O–H groups in total.